The van der Waals surface area contributed by atoms with Gasteiger partial charge in [0.25, 0.3) is 0 Å². The number of rotatable bonds is 5. The molecule has 108 valence electrons. The topological polar surface area (TPSA) is 74.1 Å². The molecular formula is C13H19N5O2. The van der Waals surface area contributed by atoms with Gasteiger partial charge in [0, 0.05) is 18.8 Å². The largest absolute Gasteiger partial charge is 0.480 e. The van der Waals surface area contributed by atoms with Crippen molar-refractivity contribution in [1.82, 2.24) is 25.1 Å². The first-order valence-corrected chi connectivity index (χ1v) is 6.23. The van der Waals surface area contributed by atoms with Crippen LogP contribution >= 0.6 is 0 Å². The summed E-state index contributed by atoms with van der Waals surface area (Å²) in [6, 6.07) is -0.142. The molecule has 1 N–H and O–H groups in total. The van der Waals surface area contributed by atoms with Crippen LogP contribution < -0.4 is 14.8 Å². The zero-order chi connectivity index (χ0) is 14.7. The maximum Gasteiger partial charge on any atom is 0.240 e. The van der Waals surface area contributed by atoms with Crippen LogP contribution in [0.15, 0.2) is 12.4 Å². The van der Waals surface area contributed by atoms with Gasteiger partial charge in [-0.15, -0.1) is 0 Å². The summed E-state index contributed by atoms with van der Waals surface area (Å²) < 4.78 is 12.2. The van der Waals surface area contributed by atoms with E-state index in [0.717, 1.165) is 11.3 Å². The fourth-order valence-electron chi connectivity index (χ4n) is 2.15. The Labute approximate surface area is 118 Å². The van der Waals surface area contributed by atoms with Crippen molar-refractivity contribution in [2.45, 2.75) is 13.0 Å². The Hall–Kier alpha value is -2.15. The normalized spacial score (nSPS) is 12.2. The Morgan fingerprint density at radius 2 is 2.05 bits per heavy atom. The molecule has 2 heterocycles. The lowest BCUT2D eigenvalue weighted by Crippen LogP contribution is -2.20. The third kappa shape index (κ3) is 2.57. The molecule has 1 atom stereocenters. The van der Waals surface area contributed by atoms with Crippen LogP contribution in [0.2, 0.25) is 0 Å². The Balaban J connectivity index is 2.49. The van der Waals surface area contributed by atoms with E-state index < -0.39 is 0 Å². The number of hydrogen-bond acceptors (Lipinski definition) is 6. The zero-order valence-corrected chi connectivity index (χ0v) is 12.3. The molecule has 0 saturated carbocycles. The highest BCUT2D eigenvalue weighted by Gasteiger charge is 2.23. The summed E-state index contributed by atoms with van der Waals surface area (Å²) in [7, 11) is 6.86. The minimum absolute atomic E-state index is 0.142. The Morgan fingerprint density at radius 3 is 2.55 bits per heavy atom. The molecule has 0 aliphatic heterocycles. The van der Waals surface area contributed by atoms with Crippen LogP contribution in [0.3, 0.4) is 0 Å². The summed E-state index contributed by atoms with van der Waals surface area (Å²) in [4.78, 5) is 8.67. The molecule has 0 bridgehead atoms. The summed E-state index contributed by atoms with van der Waals surface area (Å²) in [5, 5.41) is 7.58. The number of methoxy groups -OCH3 is 2. The molecule has 1 unspecified atom stereocenters. The van der Waals surface area contributed by atoms with E-state index in [0.29, 0.717) is 17.5 Å². The van der Waals surface area contributed by atoms with Crippen LogP contribution in [0, 0.1) is 6.92 Å². The SMILES string of the molecule is CNC(c1cn(C)nc1C)c1ncc(OC)nc1OC. The van der Waals surface area contributed by atoms with Crippen LogP contribution in [0.1, 0.15) is 23.0 Å². The molecule has 0 saturated heterocycles. The molecule has 0 aromatic carbocycles. The van der Waals surface area contributed by atoms with Crippen LogP contribution in [0.5, 0.6) is 11.8 Å². The van der Waals surface area contributed by atoms with Crippen LogP contribution in [0.25, 0.3) is 0 Å². The van der Waals surface area contributed by atoms with Crippen molar-refractivity contribution in [3.05, 3.63) is 29.3 Å². The van der Waals surface area contributed by atoms with Gasteiger partial charge in [0.15, 0.2) is 0 Å². The Bertz CT molecular complexity index is 596. The highest BCUT2D eigenvalue weighted by Crippen LogP contribution is 2.29. The molecule has 2 aromatic heterocycles. The monoisotopic (exact) mass is 277 g/mol. The van der Waals surface area contributed by atoms with Crippen LogP contribution in [-0.2, 0) is 7.05 Å². The molecule has 7 heteroatoms. The second kappa shape index (κ2) is 5.87. The van der Waals surface area contributed by atoms with E-state index in [1.807, 2.05) is 27.2 Å². The quantitative estimate of drug-likeness (QED) is 0.873. The Kier molecular flexibility index (Phi) is 4.19. The van der Waals surface area contributed by atoms with Crippen LogP contribution in [0.4, 0.5) is 0 Å². The molecule has 0 aliphatic rings. The summed E-state index contributed by atoms with van der Waals surface area (Å²) in [5.74, 6) is 0.857. The molecule has 0 aliphatic carbocycles. The van der Waals surface area contributed by atoms with Gasteiger partial charge in [-0.1, -0.05) is 0 Å². The predicted molar refractivity (Wildman–Crippen MR) is 74.0 cm³/mol. The molecular weight excluding hydrogens is 258 g/mol. The molecule has 7 nitrogen and oxygen atoms in total. The van der Waals surface area contributed by atoms with E-state index in [-0.39, 0.29) is 6.04 Å². The lowest BCUT2D eigenvalue weighted by Gasteiger charge is -2.17. The van der Waals surface area contributed by atoms with Crippen molar-refractivity contribution >= 4 is 0 Å². The second-order valence-electron chi connectivity index (χ2n) is 4.37. The van der Waals surface area contributed by atoms with Gasteiger partial charge in [0.1, 0.15) is 5.69 Å². The lowest BCUT2D eigenvalue weighted by molar-refractivity contribution is 0.353. The number of hydrogen-bond donors (Lipinski definition) is 1. The van der Waals surface area contributed by atoms with Gasteiger partial charge >= 0.3 is 0 Å². The number of ether oxygens (including phenoxy) is 2. The fraction of sp³-hybridized carbons (Fsp3) is 0.462. The smallest absolute Gasteiger partial charge is 0.240 e. The van der Waals surface area contributed by atoms with Gasteiger partial charge in [-0.2, -0.15) is 10.1 Å². The number of aromatic nitrogens is 4. The lowest BCUT2D eigenvalue weighted by atomic mass is 10.1. The molecule has 0 spiro atoms. The minimum atomic E-state index is -0.142. The summed E-state index contributed by atoms with van der Waals surface area (Å²) in [5.41, 5.74) is 2.67. The molecule has 0 amide bonds. The summed E-state index contributed by atoms with van der Waals surface area (Å²) in [6.45, 7) is 1.96. The fourth-order valence-corrected chi connectivity index (χ4v) is 2.15. The average molecular weight is 277 g/mol. The van der Waals surface area contributed by atoms with E-state index in [4.69, 9.17) is 9.47 Å². The first kappa shape index (κ1) is 14.3. The standard InChI is InChI=1S/C13H19N5O2/c1-8-9(7-18(3)17-8)11(14-2)12-13(20-5)16-10(19-4)6-15-12/h6-7,11,14H,1-5H3. The first-order valence-electron chi connectivity index (χ1n) is 6.23. The van der Waals surface area contributed by atoms with Gasteiger partial charge in [-0.3, -0.25) is 4.68 Å². The van der Waals surface area contributed by atoms with Gasteiger partial charge in [0.2, 0.25) is 11.8 Å². The van der Waals surface area contributed by atoms with E-state index in [2.05, 4.69) is 20.4 Å². The third-order valence-corrected chi connectivity index (χ3v) is 3.07. The van der Waals surface area contributed by atoms with E-state index >= 15 is 0 Å². The molecule has 2 rings (SSSR count). The summed E-state index contributed by atoms with van der Waals surface area (Å²) in [6.07, 6.45) is 3.54. The van der Waals surface area contributed by atoms with Crippen molar-refractivity contribution in [2.75, 3.05) is 21.3 Å². The van der Waals surface area contributed by atoms with Gasteiger partial charge in [-0.05, 0) is 14.0 Å². The number of aryl methyl sites for hydroxylation is 2. The van der Waals surface area contributed by atoms with E-state index in [1.54, 1.807) is 25.1 Å². The summed E-state index contributed by atoms with van der Waals surface area (Å²) >= 11 is 0. The third-order valence-electron chi connectivity index (χ3n) is 3.07. The van der Waals surface area contributed by atoms with Gasteiger partial charge < -0.3 is 14.8 Å². The highest BCUT2D eigenvalue weighted by atomic mass is 16.5. The second-order valence-corrected chi connectivity index (χ2v) is 4.37. The van der Waals surface area contributed by atoms with E-state index in [1.165, 1.54) is 0 Å². The van der Waals surface area contributed by atoms with Crippen molar-refractivity contribution in [2.24, 2.45) is 7.05 Å². The maximum atomic E-state index is 5.32. The van der Waals surface area contributed by atoms with Crippen molar-refractivity contribution in [3.63, 3.8) is 0 Å². The van der Waals surface area contributed by atoms with E-state index in [9.17, 15) is 0 Å². The maximum absolute atomic E-state index is 5.32. The molecule has 0 fully saturated rings. The molecule has 2 aromatic rings. The van der Waals surface area contributed by atoms with Crippen molar-refractivity contribution < 1.29 is 9.47 Å². The van der Waals surface area contributed by atoms with Gasteiger partial charge in [0.05, 0.1) is 32.2 Å². The zero-order valence-electron chi connectivity index (χ0n) is 12.3. The minimum Gasteiger partial charge on any atom is -0.480 e. The average Bonchev–Trinajstić information content (AvgIpc) is 2.79. The van der Waals surface area contributed by atoms with Crippen LogP contribution in [-0.4, -0.2) is 41.0 Å². The highest BCUT2D eigenvalue weighted by molar-refractivity contribution is 5.35. The predicted octanol–water partition coefficient (Wildman–Crippen LogP) is 0.845. The molecule has 20 heavy (non-hydrogen) atoms. The van der Waals surface area contributed by atoms with Crippen molar-refractivity contribution in [1.29, 1.82) is 0 Å². The van der Waals surface area contributed by atoms with Crippen molar-refractivity contribution in [3.8, 4) is 11.8 Å². The number of nitrogens with zero attached hydrogens (tertiary/aromatic N) is 4. The molecule has 0 radical (unpaired) electrons. The first-order chi connectivity index (χ1) is 9.60. The number of nitrogens with one attached hydrogen (secondary N) is 1. The Morgan fingerprint density at radius 1 is 1.30 bits per heavy atom. The van der Waals surface area contributed by atoms with Gasteiger partial charge in [-0.25, -0.2) is 4.98 Å².